The summed E-state index contributed by atoms with van der Waals surface area (Å²) >= 11 is 24.7. The molecule has 2 aromatic carbocycles. The summed E-state index contributed by atoms with van der Waals surface area (Å²) in [4.78, 5) is 4.11. The fourth-order valence-electron chi connectivity index (χ4n) is 3.50. The van der Waals surface area contributed by atoms with Gasteiger partial charge in [-0.1, -0.05) is 46.4 Å². The van der Waals surface area contributed by atoms with Gasteiger partial charge in [0, 0.05) is 38.9 Å². The van der Waals surface area contributed by atoms with Crippen LogP contribution in [0.15, 0.2) is 55.1 Å². The third-order valence-electron chi connectivity index (χ3n) is 5.01. The Balaban J connectivity index is 1.45. The lowest BCUT2D eigenvalue weighted by atomic mass is 10.0. The van der Waals surface area contributed by atoms with Crippen molar-refractivity contribution in [1.82, 2.24) is 9.55 Å². The summed E-state index contributed by atoms with van der Waals surface area (Å²) in [5, 5.41) is 2.21. The summed E-state index contributed by atoms with van der Waals surface area (Å²) in [7, 11) is 0. The molecule has 4 rings (SSSR count). The van der Waals surface area contributed by atoms with E-state index in [4.69, 9.17) is 60.6 Å². The van der Waals surface area contributed by atoms with E-state index in [9.17, 15) is 0 Å². The average molecular weight is 502 g/mol. The summed E-state index contributed by atoms with van der Waals surface area (Å²) < 4.78 is 20.3. The summed E-state index contributed by atoms with van der Waals surface area (Å²) in [6, 6.07) is 10.6. The molecule has 3 aromatic rings. The van der Waals surface area contributed by atoms with Crippen molar-refractivity contribution < 1.29 is 14.2 Å². The molecule has 0 aliphatic carbocycles. The van der Waals surface area contributed by atoms with Crippen molar-refractivity contribution in [3.8, 4) is 5.75 Å². The van der Waals surface area contributed by atoms with Crippen LogP contribution in [0.2, 0.25) is 20.1 Å². The maximum atomic E-state index is 6.37. The standard InChI is InChI=1S/C22H20Cl4N2O3/c23-15-1-3-17(4-2-15)29-11-18-12-30-22(31-18,13-28-8-7-27-14-28)6-5-19-20(25)9-16(24)10-21(19)26/h1-4,7-10,14,18H,5-6,11-13H2. The Morgan fingerprint density at radius 3 is 2.48 bits per heavy atom. The monoisotopic (exact) mass is 500 g/mol. The van der Waals surface area contributed by atoms with E-state index in [1.165, 1.54) is 0 Å². The molecule has 1 fully saturated rings. The van der Waals surface area contributed by atoms with Crippen LogP contribution >= 0.6 is 46.4 Å². The van der Waals surface area contributed by atoms with Gasteiger partial charge < -0.3 is 18.8 Å². The fourth-order valence-corrected chi connectivity index (χ4v) is 4.63. The molecule has 0 bridgehead atoms. The largest absolute Gasteiger partial charge is 0.491 e. The van der Waals surface area contributed by atoms with Crippen LogP contribution in [0.3, 0.4) is 0 Å². The number of halogens is 4. The van der Waals surface area contributed by atoms with E-state index in [-0.39, 0.29) is 6.10 Å². The van der Waals surface area contributed by atoms with Crippen molar-refractivity contribution in [3.63, 3.8) is 0 Å². The second kappa shape index (κ2) is 9.99. The van der Waals surface area contributed by atoms with Crippen LogP contribution in [0, 0.1) is 0 Å². The van der Waals surface area contributed by atoms with Crippen LogP contribution in [0.5, 0.6) is 5.75 Å². The van der Waals surface area contributed by atoms with E-state index in [0.717, 1.165) is 11.3 Å². The van der Waals surface area contributed by atoms with E-state index < -0.39 is 5.79 Å². The van der Waals surface area contributed by atoms with Gasteiger partial charge in [0.05, 0.1) is 19.5 Å². The maximum absolute atomic E-state index is 6.37. The van der Waals surface area contributed by atoms with Gasteiger partial charge in [0.2, 0.25) is 0 Å². The number of rotatable bonds is 8. The lowest BCUT2D eigenvalue weighted by molar-refractivity contribution is -0.184. The zero-order valence-electron chi connectivity index (χ0n) is 16.4. The van der Waals surface area contributed by atoms with Crippen molar-refractivity contribution in [2.24, 2.45) is 0 Å². The Morgan fingerprint density at radius 2 is 1.81 bits per heavy atom. The minimum absolute atomic E-state index is 0.227. The summed E-state index contributed by atoms with van der Waals surface area (Å²) in [6.45, 7) is 1.24. The van der Waals surface area contributed by atoms with Crippen LogP contribution in [0.4, 0.5) is 0 Å². The average Bonchev–Trinajstić information content (AvgIpc) is 3.37. The van der Waals surface area contributed by atoms with E-state index in [0.29, 0.717) is 52.7 Å². The summed E-state index contributed by atoms with van der Waals surface area (Å²) in [5.41, 5.74) is 0.811. The van der Waals surface area contributed by atoms with Gasteiger partial charge in [-0.25, -0.2) is 4.98 Å². The number of aromatic nitrogens is 2. The first-order chi connectivity index (χ1) is 14.9. The molecule has 0 N–H and O–H groups in total. The molecule has 0 radical (unpaired) electrons. The Hall–Kier alpha value is -1.47. The SMILES string of the molecule is Clc1ccc(OCC2COC(CCc3c(Cl)cc(Cl)cc3Cl)(Cn3ccnc3)O2)cc1. The molecule has 0 spiro atoms. The molecule has 164 valence electrons. The highest BCUT2D eigenvalue weighted by Gasteiger charge is 2.42. The molecule has 1 aromatic heterocycles. The van der Waals surface area contributed by atoms with E-state index in [1.807, 2.05) is 22.9 Å². The van der Waals surface area contributed by atoms with E-state index in [1.54, 1.807) is 36.8 Å². The van der Waals surface area contributed by atoms with E-state index >= 15 is 0 Å². The zero-order chi connectivity index (χ0) is 21.8. The van der Waals surface area contributed by atoms with Crippen LogP contribution in [-0.4, -0.2) is 34.7 Å². The molecule has 9 heteroatoms. The highest BCUT2D eigenvalue weighted by molar-refractivity contribution is 6.39. The molecule has 1 saturated heterocycles. The second-order valence-electron chi connectivity index (χ2n) is 7.31. The molecule has 0 amide bonds. The van der Waals surface area contributed by atoms with Gasteiger partial charge in [-0.3, -0.25) is 0 Å². The number of hydrogen-bond donors (Lipinski definition) is 0. The molecular weight excluding hydrogens is 482 g/mol. The van der Waals surface area contributed by atoms with Crippen molar-refractivity contribution in [3.05, 3.63) is 80.8 Å². The van der Waals surface area contributed by atoms with Crippen molar-refractivity contribution in [2.75, 3.05) is 13.2 Å². The van der Waals surface area contributed by atoms with Gasteiger partial charge in [0.15, 0.2) is 5.79 Å². The molecule has 1 aliphatic rings. The first kappa shape index (κ1) is 22.7. The lowest BCUT2D eigenvalue weighted by Gasteiger charge is -2.29. The quantitative estimate of drug-likeness (QED) is 0.362. The van der Waals surface area contributed by atoms with Crippen LogP contribution in [0.25, 0.3) is 0 Å². The van der Waals surface area contributed by atoms with Crippen LogP contribution < -0.4 is 4.74 Å². The molecule has 1 aliphatic heterocycles. The van der Waals surface area contributed by atoms with Crippen LogP contribution in [0.1, 0.15) is 12.0 Å². The molecule has 2 heterocycles. The lowest BCUT2D eigenvalue weighted by Crippen LogP contribution is -2.37. The Kier molecular flexibility index (Phi) is 7.32. The molecular formula is C22H20Cl4N2O3. The molecule has 5 nitrogen and oxygen atoms in total. The van der Waals surface area contributed by atoms with Crippen molar-refractivity contribution in [2.45, 2.75) is 31.3 Å². The van der Waals surface area contributed by atoms with Gasteiger partial charge in [-0.2, -0.15) is 0 Å². The minimum atomic E-state index is -0.860. The number of ether oxygens (including phenoxy) is 3. The van der Waals surface area contributed by atoms with Gasteiger partial charge >= 0.3 is 0 Å². The molecule has 2 atom stereocenters. The van der Waals surface area contributed by atoms with Gasteiger partial charge in [-0.15, -0.1) is 0 Å². The predicted octanol–water partition coefficient (Wildman–Crippen LogP) is 6.32. The van der Waals surface area contributed by atoms with Crippen molar-refractivity contribution >= 4 is 46.4 Å². The highest BCUT2D eigenvalue weighted by atomic mass is 35.5. The smallest absolute Gasteiger partial charge is 0.187 e. The third kappa shape index (κ3) is 5.86. The third-order valence-corrected chi connectivity index (χ3v) is 6.15. The topological polar surface area (TPSA) is 45.5 Å². The first-order valence-electron chi connectivity index (χ1n) is 9.72. The maximum Gasteiger partial charge on any atom is 0.187 e. The highest BCUT2D eigenvalue weighted by Crippen LogP contribution is 2.35. The summed E-state index contributed by atoms with van der Waals surface area (Å²) in [6.07, 6.45) is 6.20. The first-order valence-corrected chi connectivity index (χ1v) is 11.2. The Bertz CT molecular complexity index is 991. The zero-order valence-corrected chi connectivity index (χ0v) is 19.5. The molecule has 2 unspecified atom stereocenters. The van der Waals surface area contributed by atoms with Gasteiger partial charge in [0.1, 0.15) is 18.5 Å². The molecule has 31 heavy (non-hydrogen) atoms. The normalized spacial score (nSPS) is 20.8. The number of imidazole rings is 1. The predicted molar refractivity (Wildman–Crippen MR) is 123 cm³/mol. The van der Waals surface area contributed by atoms with Gasteiger partial charge in [-0.05, 0) is 48.4 Å². The Labute approximate surface area is 200 Å². The van der Waals surface area contributed by atoms with Crippen LogP contribution in [-0.2, 0) is 22.4 Å². The van der Waals surface area contributed by atoms with E-state index in [2.05, 4.69) is 4.98 Å². The number of nitrogens with zero attached hydrogens (tertiary/aromatic N) is 2. The molecule has 0 saturated carbocycles. The Morgan fingerprint density at radius 1 is 1.06 bits per heavy atom. The fraction of sp³-hybridized carbons (Fsp3) is 0.318. The summed E-state index contributed by atoms with van der Waals surface area (Å²) in [5.74, 6) is -0.138. The number of benzene rings is 2. The second-order valence-corrected chi connectivity index (χ2v) is 9.00. The minimum Gasteiger partial charge on any atom is -0.491 e. The number of hydrogen-bond acceptors (Lipinski definition) is 4. The van der Waals surface area contributed by atoms with Crippen molar-refractivity contribution in [1.29, 1.82) is 0 Å². The van der Waals surface area contributed by atoms with Gasteiger partial charge in [0.25, 0.3) is 0 Å².